The minimum absolute atomic E-state index is 0.0690. The number of pyridine rings is 1. The Kier molecular flexibility index (Phi) is 5.67. The summed E-state index contributed by atoms with van der Waals surface area (Å²) in [6.07, 6.45) is 7.70. The molecule has 2 aromatic rings. The quantitative estimate of drug-likeness (QED) is 0.880. The maximum atomic E-state index is 12.9. The molecule has 1 amide bonds. The summed E-state index contributed by atoms with van der Waals surface area (Å²) in [6.45, 7) is 8.51. The highest BCUT2D eigenvalue weighted by Gasteiger charge is 2.32. The standard InChI is InChI=1S/C22H33N5O/c1-15-7-6-8-19(16(15)2)23-22(28)17(3)26-13-10-18(11-14-26)21-25-24-20-9-4-5-12-27(20)21/h4-5,9,12,15-19H,6-8,10-11,13-14H2,1-3H3,(H,23,28). The second kappa shape index (κ2) is 8.19. The van der Waals surface area contributed by atoms with E-state index < -0.39 is 0 Å². The largest absolute Gasteiger partial charge is 0.352 e. The normalized spacial score (nSPS) is 28.3. The van der Waals surface area contributed by atoms with Crippen molar-refractivity contribution in [3.05, 3.63) is 30.2 Å². The molecule has 1 aliphatic carbocycles. The monoisotopic (exact) mass is 383 g/mol. The Labute approximate surface area is 167 Å². The van der Waals surface area contributed by atoms with Crippen molar-refractivity contribution in [3.8, 4) is 0 Å². The van der Waals surface area contributed by atoms with Crippen LogP contribution in [0.2, 0.25) is 0 Å². The first-order valence-electron chi connectivity index (χ1n) is 10.9. The molecular formula is C22H33N5O. The molecule has 2 fully saturated rings. The van der Waals surface area contributed by atoms with E-state index in [-0.39, 0.29) is 11.9 Å². The fraction of sp³-hybridized carbons (Fsp3) is 0.682. The molecule has 6 heteroatoms. The van der Waals surface area contributed by atoms with Crippen LogP contribution in [0.3, 0.4) is 0 Å². The molecule has 0 aromatic carbocycles. The Balaban J connectivity index is 1.33. The van der Waals surface area contributed by atoms with Crippen LogP contribution < -0.4 is 5.32 Å². The third-order valence-corrected chi connectivity index (χ3v) is 7.20. The van der Waals surface area contributed by atoms with E-state index in [9.17, 15) is 4.79 Å². The Morgan fingerprint density at radius 2 is 1.93 bits per heavy atom. The number of nitrogens with zero attached hydrogens (tertiary/aromatic N) is 4. The van der Waals surface area contributed by atoms with Gasteiger partial charge in [-0.25, -0.2) is 0 Å². The van der Waals surface area contributed by atoms with Crippen molar-refractivity contribution in [2.24, 2.45) is 11.8 Å². The Morgan fingerprint density at radius 3 is 2.71 bits per heavy atom. The van der Waals surface area contributed by atoms with Gasteiger partial charge in [-0.3, -0.25) is 14.1 Å². The van der Waals surface area contributed by atoms with Gasteiger partial charge in [0.05, 0.1) is 6.04 Å². The maximum absolute atomic E-state index is 12.9. The molecule has 0 bridgehead atoms. The molecule has 0 radical (unpaired) electrons. The summed E-state index contributed by atoms with van der Waals surface area (Å²) < 4.78 is 2.10. The van der Waals surface area contributed by atoms with Gasteiger partial charge in [0.1, 0.15) is 5.82 Å². The number of aromatic nitrogens is 3. The Hall–Kier alpha value is -1.95. The summed E-state index contributed by atoms with van der Waals surface area (Å²) in [4.78, 5) is 15.2. The van der Waals surface area contributed by atoms with Gasteiger partial charge in [0.15, 0.2) is 5.65 Å². The molecule has 3 heterocycles. The third kappa shape index (κ3) is 3.79. The lowest BCUT2D eigenvalue weighted by Crippen LogP contribution is -2.52. The highest BCUT2D eigenvalue weighted by molar-refractivity contribution is 5.81. The zero-order chi connectivity index (χ0) is 19.7. The Bertz CT molecular complexity index is 810. The highest BCUT2D eigenvalue weighted by Crippen LogP contribution is 2.30. The fourth-order valence-electron chi connectivity index (χ4n) is 4.94. The highest BCUT2D eigenvalue weighted by atomic mass is 16.2. The second-order valence-corrected chi connectivity index (χ2v) is 8.86. The van der Waals surface area contributed by atoms with Crippen LogP contribution in [-0.2, 0) is 4.79 Å². The molecular weight excluding hydrogens is 350 g/mol. The van der Waals surface area contributed by atoms with Crippen LogP contribution in [0, 0.1) is 11.8 Å². The zero-order valence-electron chi connectivity index (χ0n) is 17.3. The molecule has 1 saturated heterocycles. The van der Waals surface area contributed by atoms with Gasteiger partial charge in [-0.2, -0.15) is 0 Å². The molecule has 28 heavy (non-hydrogen) atoms. The summed E-state index contributed by atoms with van der Waals surface area (Å²) in [5.41, 5.74) is 0.906. The summed E-state index contributed by atoms with van der Waals surface area (Å²) in [7, 11) is 0. The van der Waals surface area contributed by atoms with E-state index in [1.165, 1.54) is 12.8 Å². The molecule has 152 valence electrons. The van der Waals surface area contributed by atoms with E-state index in [2.05, 4.69) is 45.6 Å². The average Bonchev–Trinajstić information content (AvgIpc) is 3.15. The number of carbonyl (C=O) groups is 1. The smallest absolute Gasteiger partial charge is 0.237 e. The summed E-state index contributed by atoms with van der Waals surface area (Å²) in [5.74, 6) is 2.91. The summed E-state index contributed by atoms with van der Waals surface area (Å²) >= 11 is 0. The van der Waals surface area contributed by atoms with Crippen molar-refractivity contribution < 1.29 is 4.79 Å². The molecule has 4 unspecified atom stereocenters. The first kappa shape index (κ1) is 19.4. The number of rotatable bonds is 4. The molecule has 6 nitrogen and oxygen atoms in total. The van der Waals surface area contributed by atoms with E-state index in [0.717, 1.165) is 43.8 Å². The first-order chi connectivity index (χ1) is 13.5. The lowest BCUT2D eigenvalue weighted by atomic mass is 9.78. The van der Waals surface area contributed by atoms with Gasteiger partial charge in [0.25, 0.3) is 0 Å². The van der Waals surface area contributed by atoms with E-state index >= 15 is 0 Å². The molecule has 4 rings (SSSR count). The van der Waals surface area contributed by atoms with Crippen LogP contribution in [0.15, 0.2) is 24.4 Å². The fourth-order valence-corrected chi connectivity index (χ4v) is 4.94. The lowest BCUT2D eigenvalue weighted by Gasteiger charge is -2.38. The SMILES string of the molecule is CC1CCCC(NC(=O)C(C)N2CCC(c3nnc4ccccn34)CC2)C1C. The van der Waals surface area contributed by atoms with Crippen LogP contribution in [0.4, 0.5) is 0 Å². The number of carbonyl (C=O) groups excluding carboxylic acids is 1. The Morgan fingerprint density at radius 1 is 1.14 bits per heavy atom. The van der Waals surface area contributed by atoms with Gasteiger partial charge in [-0.15, -0.1) is 10.2 Å². The van der Waals surface area contributed by atoms with Crippen LogP contribution in [0.5, 0.6) is 0 Å². The average molecular weight is 384 g/mol. The molecule has 2 aromatic heterocycles. The zero-order valence-corrected chi connectivity index (χ0v) is 17.3. The van der Waals surface area contributed by atoms with Crippen LogP contribution in [0.1, 0.15) is 64.6 Å². The van der Waals surface area contributed by atoms with Gasteiger partial charge < -0.3 is 5.32 Å². The number of nitrogens with one attached hydrogen (secondary N) is 1. The van der Waals surface area contributed by atoms with Crippen molar-refractivity contribution in [2.45, 2.75) is 70.9 Å². The third-order valence-electron chi connectivity index (χ3n) is 7.20. The van der Waals surface area contributed by atoms with Crippen molar-refractivity contribution in [2.75, 3.05) is 13.1 Å². The van der Waals surface area contributed by atoms with Crippen molar-refractivity contribution in [1.29, 1.82) is 0 Å². The number of amides is 1. The van der Waals surface area contributed by atoms with Gasteiger partial charge in [-0.05, 0) is 63.2 Å². The van der Waals surface area contributed by atoms with Crippen molar-refractivity contribution in [1.82, 2.24) is 24.8 Å². The molecule has 1 N–H and O–H groups in total. The van der Waals surface area contributed by atoms with Crippen molar-refractivity contribution >= 4 is 11.6 Å². The molecule has 2 aliphatic rings. The summed E-state index contributed by atoms with van der Waals surface area (Å²) in [5, 5.41) is 12.1. The van der Waals surface area contributed by atoms with Gasteiger partial charge in [0.2, 0.25) is 5.91 Å². The van der Waals surface area contributed by atoms with Gasteiger partial charge >= 0.3 is 0 Å². The first-order valence-corrected chi connectivity index (χ1v) is 10.9. The molecule has 0 spiro atoms. The summed E-state index contributed by atoms with van der Waals surface area (Å²) in [6, 6.07) is 6.27. The van der Waals surface area contributed by atoms with Gasteiger partial charge in [0, 0.05) is 18.2 Å². The van der Waals surface area contributed by atoms with Gasteiger partial charge in [-0.1, -0.05) is 32.8 Å². The van der Waals surface area contributed by atoms with Crippen LogP contribution in [-0.4, -0.2) is 50.6 Å². The van der Waals surface area contributed by atoms with E-state index in [0.29, 0.717) is 23.8 Å². The van der Waals surface area contributed by atoms with E-state index in [1.54, 1.807) is 0 Å². The lowest BCUT2D eigenvalue weighted by molar-refractivity contribution is -0.127. The van der Waals surface area contributed by atoms with Crippen LogP contribution >= 0.6 is 0 Å². The van der Waals surface area contributed by atoms with Crippen molar-refractivity contribution in [3.63, 3.8) is 0 Å². The predicted octanol–water partition coefficient (Wildman–Crippen LogP) is 3.24. The van der Waals surface area contributed by atoms with E-state index in [4.69, 9.17) is 0 Å². The second-order valence-electron chi connectivity index (χ2n) is 8.86. The number of hydrogen-bond acceptors (Lipinski definition) is 4. The molecule has 4 atom stereocenters. The molecule has 1 aliphatic heterocycles. The number of hydrogen-bond donors (Lipinski definition) is 1. The minimum atomic E-state index is -0.0690. The predicted molar refractivity (Wildman–Crippen MR) is 110 cm³/mol. The topological polar surface area (TPSA) is 62.5 Å². The minimum Gasteiger partial charge on any atom is -0.352 e. The molecule has 1 saturated carbocycles. The maximum Gasteiger partial charge on any atom is 0.237 e. The number of fused-ring (bicyclic) bond motifs is 1. The number of piperidine rings is 1. The number of likely N-dealkylation sites (tertiary alicyclic amines) is 1. The van der Waals surface area contributed by atoms with E-state index in [1.807, 2.05) is 24.4 Å². The van der Waals surface area contributed by atoms with Crippen LogP contribution in [0.25, 0.3) is 5.65 Å².